The third-order valence-corrected chi connectivity index (χ3v) is 9.06. The van der Waals surface area contributed by atoms with Gasteiger partial charge in [-0.25, -0.2) is 12.8 Å². The number of rotatable bonds is 13. The zero-order valence-electron chi connectivity index (χ0n) is 22.3. The predicted molar refractivity (Wildman–Crippen MR) is 154 cm³/mol. The van der Waals surface area contributed by atoms with Gasteiger partial charge in [0, 0.05) is 18.3 Å². The first-order valence-corrected chi connectivity index (χ1v) is 15.3. The van der Waals surface area contributed by atoms with E-state index in [-0.39, 0.29) is 47.0 Å². The van der Waals surface area contributed by atoms with Gasteiger partial charge in [0.1, 0.15) is 22.8 Å². The number of carbonyl (C=O) groups is 3. The highest BCUT2D eigenvalue weighted by Gasteiger charge is 2.27. The van der Waals surface area contributed by atoms with E-state index < -0.39 is 33.8 Å². The van der Waals surface area contributed by atoms with Crippen LogP contribution in [0.4, 0.5) is 4.39 Å². The molecule has 3 amide bonds. The first-order valence-electron chi connectivity index (χ1n) is 12.7. The Balaban J connectivity index is 1.59. The van der Waals surface area contributed by atoms with E-state index in [1.807, 2.05) is 38.1 Å². The maximum atomic E-state index is 13.4. The molecule has 0 spiro atoms. The van der Waals surface area contributed by atoms with Gasteiger partial charge in [-0.2, -0.15) is 4.72 Å². The van der Waals surface area contributed by atoms with Crippen molar-refractivity contribution in [2.24, 2.45) is 5.92 Å². The van der Waals surface area contributed by atoms with E-state index in [0.29, 0.717) is 11.3 Å². The van der Waals surface area contributed by atoms with Crippen LogP contribution >= 0.6 is 22.9 Å². The molecule has 2 atom stereocenters. The number of fused-ring (bicyclic) bond motifs is 1. The van der Waals surface area contributed by atoms with Crippen LogP contribution in [0.15, 0.2) is 53.4 Å². The third kappa shape index (κ3) is 8.47. The van der Waals surface area contributed by atoms with E-state index in [0.717, 1.165) is 28.3 Å². The number of hydrogen-bond acceptors (Lipinski definition) is 6. The highest BCUT2D eigenvalue weighted by atomic mass is 35.5. The molecule has 3 aromatic rings. The summed E-state index contributed by atoms with van der Waals surface area (Å²) in [5.74, 6) is -1.86. The normalized spacial score (nSPS) is 13.2. The minimum absolute atomic E-state index is 0.0565. The molecule has 0 aliphatic carbocycles. The number of hydrogen-bond donors (Lipinski definition) is 4. The Morgan fingerprint density at radius 1 is 1.02 bits per heavy atom. The molecule has 0 radical (unpaired) electrons. The second kappa shape index (κ2) is 14.0. The van der Waals surface area contributed by atoms with Gasteiger partial charge in [-0.3, -0.25) is 14.4 Å². The summed E-state index contributed by atoms with van der Waals surface area (Å²) in [5.41, 5.74) is 0. The number of halogens is 2. The average Bonchev–Trinajstić information content (AvgIpc) is 3.33. The highest BCUT2D eigenvalue weighted by Crippen LogP contribution is 2.25. The zero-order chi connectivity index (χ0) is 29.4. The van der Waals surface area contributed by atoms with Crippen LogP contribution in [0.2, 0.25) is 5.02 Å². The van der Waals surface area contributed by atoms with E-state index in [2.05, 4.69) is 20.7 Å². The van der Waals surface area contributed by atoms with Crippen LogP contribution in [0, 0.1) is 11.7 Å². The summed E-state index contributed by atoms with van der Waals surface area (Å²) in [6.07, 6.45) is 0.727. The molecule has 0 unspecified atom stereocenters. The van der Waals surface area contributed by atoms with Crippen molar-refractivity contribution in [2.75, 3.05) is 13.6 Å². The van der Waals surface area contributed by atoms with Crippen molar-refractivity contribution >= 4 is 60.8 Å². The SMILES string of the molecule is CNC(=O)[C@@H](CCCNC(=O)[C@H](CC(C)C)NC(=O)c1cc2ccccc2s1)NS(=O)(=O)c1ccc(F)cc1Cl. The number of amides is 3. The fourth-order valence-corrected chi connectivity index (χ4v) is 6.76. The Hall–Kier alpha value is -3.06. The summed E-state index contributed by atoms with van der Waals surface area (Å²) >= 11 is 7.24. The largest absolute Gasteiger partial charge is 0.358 e. The van der Waals surface area contributed by atoms with Crippen molar-refractivity contribution in [1.29, 1.82) is 0 Å². The molecule has 9 nitrogen and oxygen atoms in total. The van der Waals surface area contributed by atoms with Crippen LogP contribution in [-0.2, 0) is 19.6 Å². The first kappa shape index (κ1) is 31.5. The van der Waals surface area contributed by atoms with Gasteiger partial charge in [0.15, 0.2) is 0 Å². The molecular weight excluding hydrogens is 579 g/mol. The molecule has 3 rings (SSSR count). The molecule has 40 heavy (non-hydrogen) atoms. The predicted octanol–water partition coefficient (Wildman–Crippen LogP) is 3.83. The summed E-state index contributed by atoms with van der Waals surface area (Å²) in [4.78, 5) is 38.4. The second-order valence-electron chi connectivity index (χ2n) is 9.60. The van der Waals surface area contributed by atoms with Crippen LogP contribution in [-0.4, -0.2) is 51.8 Å². The lowest BCUT2D eigenvalue weighted by Gasteiger charge is -2.21. The number of carbonyl (C=O) groups excluding carboxylic acids is 3. The lowest BCUT2D eigenvalue weighted by molar-refractivity contribution is -0.123. The van der Waals surface area contributed by atoms with E-state index in [9.17, 15) is 27.2 Å². The topological polar surface area (TPSA) is 133 Å². The van der Waals surface area contributed by atoms with Crippen LogP contribution in [0.3, 0.4) is 0 Å². The Morgan fingerprint density at radius 3 is 2.40 bits per heavy atom. The Bertz CT molecular complexity index is 1450. The van der Waals surface area contributed by atoms with Crippen molar-refractivity contribution in [1.82, 2.24) is 20.7 Å². The molecule has 0 saturated carbocycles. The van der Waals surface area contributed by atoms with Crippen LogP contribution in [0.1, 0.15) is 42.8 Å². The van der Waals surface area contributed by atoms with Gasteiger partial charge in [0.2, 0.25) is 21.8 Å². The molecule has 0 aliphatic rings. The van der Waals surface area contributed by atoms with Crippen molar-refractivity contribution in [3.8, 4) is 0 Å². The number of nitrogens with one attached hydrogen (secondary N) is 4. The molecule has 216 valence electrons. The quantitative estimate of drug-likeness (QED) is 0.218. The summed E-state index contributed by atoms with van der Waals surface area (Å²) in [5, 5.41) is 8.64. The van der Waals surface area contributed by atoms with E-state index in [1.54, 1.807) is 6.07 Å². The molecule has 0 saturated heterocycles. The summed E-state index contributed by atoms with van der Waals surface area (Å²) in [6.45, 7) is 4.03. The molecule has 0 fully saturated rings. The van der Waals surface area contributed by atoms with Gasteiger partial charge in [0.05, 0.1) is 9.90 Å². The fourth-order valence-electron chi connectivity index (χ4n) is 4.03. The minimum Gasteiger partial charge on any atom is -0.358 e. The monoisotopic (exact) mass is 610 g/mol. The second-order valence-corrected chi connectivity index (χ2v) is 12.8. The number of likely N-dealkylation sites (N-methyl/N-ethyl adjacent to an activating group) is 1. The third-order valence-electron chi connectivity index (χ3n) is 5.99. The molecule has 13 heteroatoms. The van der Waals surface area contributed by atoms with Gasteiger partial charge in [0.25, 0.3) is 5.91 Å². The number of benzene rings is 2. The molecule has 4 N–H and O–H groups in total. The van der Waals surface area contributed by atoms with E-state index in [1.165, 1.54) is 18.4 Å². The molecule has 1 aromatic heterocycles. The zero-order valence-corrected chi connectivity index (χ0v) is 24.7. The van der Waals surface area contributed by atoms with Crippen molar-refractivity contribution in [2.45, 2.75) is 50.1 Å². The summed E-state index contributed by atoms with van der Waals surface area (Å²) < 4.78 is 42.2. The Kier molecular flexibility index (Phi) is 11.0. The maximum absolute atomic E-state index is 13.4. The van der Waals surface area contributed by atoms with Gasteiger partial charge in [-0.05, 0) is 60.9 Å². The average molecular weight is 611 g/mol. The Labute approximate surface area is 241 Å². The standard InChI is InChI=1S/C27H32ClFN4O5S2/c1-16(2)13-21(32-27(36)23-14-17-7-4-5-9-22(17)39-23)26(35)31-12-6-8-20(25(34)30-3)33-40(37,38)24-11-10-18(29)15-19(24)28/h4-5,7,9-11,14-16,20-21,33H,6,8,12-13H2,1-3H3,(H,30,34)(H,31,35)(H,32,36)/t20-,21+/m1/s1. The van der Waals surface area contributed by atoms with Crippen molar-refractivity contribution < 1.29 is 27.2 Å². The highest BCUT2D eigenvalue weighted by molar-refractivity contribution is 7.89. The molecule has 2 aromatic carbocycles. The lowest BCUT2D eigenvalue weighted by Crippen LogP contribution is -2.48. The van der Waals surface area contributed by atoms with Crippen LogP contribution < -0.4 is 20.7 Å². The van der Waals surface area contributed by atoms with Gasteiger partial charge in [-0.1, -0.05) is 43.6 Å². The number of sulfonamides is 1. The smallest absolute Gasteiger partial charge is 0.262 e. The maximum Gasteiger partial charge on any atom is 0.262 e. The van der Waals surface area contributed by atoms with Crippen LogP contribution in [0.5, 0.6) is 0 Å². The molecule has 0 aliphatic heterocycles. The first-order chi connectivity index (χ1) is 18.9. The van der Waals surface area contributed by atoms with Crippen molar-refractivity contribution in [3.05, 3.63) is 64.2 Å². The Morgan fingerprint density at radius 2 is 1.75 bits per heavy atom. The molecular formula is C27H32ClFN4O5S2. The van der Waals surface area contributed by atoms with E-state index in [4.69, 9.17) is 11.6 Å². The van der Waals surface area contributed by atoms with E-state index >= 15 is 0 Å². The number of thiophene rings is 1. The minimum atomic E-state index is -4.24. The van der Waals surface area contributed by atoms with Gasteiger partial charge >= 0.3 is 0 Å². The van der Waals surface area contributed by atoms with Crippen molar-refractivity contribution in [3.63, 3.8) is 0 Å². The van der Waals surface area contributed by atoms with Gasteiger partial charge in [-0.15, -0.1) is 11.3 Å². The molecule has 0 bridgehead atoms. The summed E-state index contributed by atoms with van der Waals surface area (Å²) in [7, 11) is -2.87. The lowest BCUT2D eigenvalue weighted by atomic mass is 10.0. The van der Waals surface area contributed by atoms with Crippen LogP contribution in [0.25, 0.3) is 10.1 Å². The van der Waals surface area contributed by atoms with Gasteiger partial charge < -0.3 is 16.0 Å². The summed E-state index contributed by atoms with van der Waals surface area (Å²) in [6, 6.07) is 10.3. The fraction of sp³-hybridized carbons (Fsp3) is 0.370. The molecule has 1 heterocycles.